The summed E-state index contributed by atoms with van der Waals surface area (Å²) in [6.45, 7) is 1.44. The molecule has 6 nitrogen and oxygen atoms in total. The highest BCUT2D eigenvalue weighted by atomic mass is 32.2. The van der Waals surface area contributed by atoms with Crippen molar-refractivity contribution in [1.82, 2.24) is 5.32 Å². The van der Waals surface area contributed by atoms with Gasteiger partial charge in [-0.1, -0.05) is 18.2 Å². The second kappa shape index (κ2) is 9.29. The molecule has 0 radical (unpaired) electrons. The first-order valence-corrected chi connectivity index (χ1v) is 9.82. The maximum absolute atomic E-state index is 11.8. The third-order valence-electron chi connectivity index (χ3n) is 3.84. The minimum absolute atomic E-state index is 0.0409. The Hall–Kier alpha value is -2.25. The average molecular weight is 362 g/mol. The fraction of sp³-hybridized carbons (Fsp3) is 0.333. The zero-order valence-electron chi connectivity index (χ0n) is 14.1. The topological polar surface area (TPSA) is 93.1 Å². The van der Waals surface area contributed by atoms with E-state index in [0.29, 0.717) is 19.4 Å². The minimum atomic E-state index is -3.66. The molecule has 25 heavy (non-hydrogen) atoms. The summed E-state index contributed by atoms with van der Waals surface area (Å²) in [7, 11) is -3.66. The van der Waals surface area contributed by atoms with E-state index in [1.54, 1.807) is 12.1 Å². The summed E-state index contributed by atoms with van der Waals surface area (Å²) in [4.78, 5) is 11.9. The van der Waals surface area contributed by atoms with Crippen LogP contribution in [-0.4, -0.2) is 20.9 Å². The minimum Gasteiger partial charge on any atom is -0.356 e. The van der Waals surface area contributed by atoms with Crippen molar-refractivity contribution in [1.29, 1.82) is 0 Å². The Morgan fingerprint density at radius 2 is 1.72 bits per heavy atom. The van der Waals surface area contributed by atoms with Crippen LogP contribution in [0.4, 0.5) is 0 Å². The van der Waals surface area contributed by atoms with Gasteiger partial charge < -0.3 is 5.32 Å². The number of amides is 1. The lowest BCUT2D eigenvalue weighted by molar-refractivity contribution is -0.697. The molecule has 2 rings (SSSR count). The zero-order chi connectivity index (χ0) is 18.1. The molecule has 0 spiro atoms. The largest absolute Gasteiger partial charge is 0.356 e. The lowest BCUT2D eigenvalue weighted by Gasteiger charge is -2.06. The van der Waals surface area contributed by atoms with E-state index in [4.69, 9.17) is 5.14 Å². The van der Waals surface area contributed by atoms with Gasteiger partial charge in [-0.2, -0.15) is 0 Å². The molecule has 0 saturated carbocycles. The maximum Gasteiger partial charge on any atom is 0.238 e. The molecule has 0 aliphatic carbocycles. The summed E-state index contributed by atoms with van der Waals surface area (Å²) >= 11 is 0. The van der Waals surface area contributed by atoms with E-state index in [-0.39, 0.29) is 10.8 Å². The summed E-state index contributed by atoms with van der Waals surface area (Å²) in [5.41, 5.74) is 0.952. The molecule has 1 amide bonds. The van der Waals surface area contributed by atoms with Gasteiger partial charge in [-0.15, -0.1) is 0 Å². The number of nitrogens with zero attached hydrogens (tertiary/aromatic N) is 1. The first kappa shape index (κ1) is 19.1. The van der Waals surface area contributed by atoms with Crippen LogP contribution in [0.25, 0.3) is 0 Å². The van der Waals surface area contributed by atoms with Crippen molar-refractivity contribution >= 4 is 15.9 Å². The van der Waals surface area contributed by atoms with Gasteiger partial charge in [-0.25, -0.2) is 18.1 Å². The van der Waals surface area contributed by atoms with E-state index in [2.05, 4.69) is 9.88 Å². The molecular weight excluding hydrogens is 338 g/mol. The summed E-state index contributed by atoms with van der Waals surface area (Å²) < 4.78 is 24.5. The maximum atomic E-state index is 11.8. The quantitative estimate of drug-likeness (QED) is 0.518. The highest BCUT2D eigenvalue weighted by Crippen LogP contribution is 2.09. The molecule has 3 N–H and O–H groups in total. The highest BCUT2D eigenvalue weighted by Gasteiger charge is 2.07. The number of benzene rings is 1. The van der Waals surface area contributed by atoms with Gasteiger partial charge in [0, 0.05) is 31.5 Å². The Balaban J connectivity index is 1.62. The second-order valence-corrected chi connectivity index (χ2v) is 7.42. The Morgan fingerprint density at radius 1 is 1.04 bits per heavy atom. The van der Waals surface area contributed by atoms with Crippen LogP contribution in [0.15, 0.2) is 59.8 Å². The van der Waals surface area contributed by atoms with Crippen molar-refractivity contribution in [2.75, 3.05) is 6.54 Å². The van der Waals surface area contributed by atoms with E-state index in [1.165, 1.54) is 12.1 Å². The van der Waals surface area contributed by atoms with Gasteiger partial charge in [0.05, 0.1) is 4.90 Å². The van der Waals surface area contributed by atoms with E-state index in [9.17, 15) is 13.2 Å². The summed E-state index contributed by atoms with van der Waals surface area (Å²) in [5, 5.41) is 7.94. The van der Waals surface area contributed by atoms with Crippen molar-refractivity contribution in [3.8, 4) is 0 Å². The SMILES string of the molecule is NS(=O)(=O)c1ccc(CCNC(=O)CCCC[n+]2ccccc2)cc1. The van der Waals surface area contributed by atoms with Crippen molar-refractivity contribution in [2.24, 2.45) is 5.14 Å². The van der Waals surface area contributed by atoms with Crippen LogP contribution >= 0.6 is 0 Å². The van der Waals surface area contributed by atoms with E-state index in [0.717, 1.165) is 24.9 Å². The lowest BCUT2D eigenvalue weighted by atomic mass is 10.1. The number of aromatic nitrogens is 1. The van der Waals surface area contributed by atoms with Crippen LogP contribution in [-0.2, 0) is 27.8 Å². The number of hydrogen-bond donors (Lipinski definition) is 2. The number of carbonyl (C=O) groups excluding carboxylic acids is 1. The predicted molar refractivity (Wildman–Crippen MR) is 95.0 cm³/mol. The van der Waals surface area contributed by atoms with Crippen LogP contribution in [0.2, 0.25) is 0 Å². The molecule has 2 aromatic rings. The molecule has 0 atom stereocenters. The van der Waals surface area contributed by atoms with Crippen LogP contribution in [0.1, 0.15) is 24.8 Å². The van der Waals surface area contributed by atoms with Gasteiger partial charge in [-0.3, -0.25) is 4.79 Å². The number of nitrogens with one attached hydrogen (secondary N) is 1. The van der Waals surface area contributed by atoms with Crippen molar-refractivity contribution in [2.45, 2.75) is 37.1 Å². The molecule has 134 valence electrons. The van der Waals surface area contributed by atoms with Crippen LogP contribution < -0.4 is 15.0 Å². The molecule has 0 aliphatic rings. The van der Waals surface area contributed by atoms with E-state index < -0.39 is 10.0 Å². The Kier molecular flexibility index (Phi) is 7.09. The van der Waals surface area contributed by atoms with Crippen LogP contribution in [0.3, 0.4) is 0 Å². The van der Waals surface area contributed by atoms with Crippen LogP contribution in [0, 0.1) is 0 Å². The van der Waals surface area contributed by atoms with Gasteiger partial charge in [0.25, 0.3) is 0 Å². The molecule has 1 heterocycles. The average Bonchev–Trinajstić information content (AvgIpc) is 2.59. The Bertz CT molecular complexity index is 775. The van der Waals surface area contributed by atoms with Gasteiger partial charge in [0.1, 0.15) is 6.54 Å². The number of primary sulfonamides is 1. The molecule has 1 aromatic carbocycles. The number of hydrogen-bond acceptors (Lipinski definition) is 3. The van der Waals surface area contributed by atoms with E-state index >= 15 is 0 Å². The van der Waals surface area contributed by atoms with Gasteiger partial charge in [0.2, 0.25) is 15.9 Å². The highest BCUT2D eigenvalue weighted by molar-refractivity contribution is 7.89. The van der Waals surface area contributed by atoms with Crippen LogP contribution in [0.5, 0.6) is 0 Å². The third-order valence-corrected chi connectivity index (χ3v) is 4.76. The Morgan fingerprint density at radius 3 is 2.36 bits per heavy atom. The number of rotatable bonds is 9. The monoisotopic (exact) mass is 362 g/mol. The standard InChI is InChI=1S/C18H23N3O3S/c19-25(23,24)17-9-7-16(8-10-17)11-12-20-18(22)6-2-5-15-21-13-3-1-4-14-21/h1,3-4,7-10,13-14H,2,5-6,11-12,15H2,(H2-,19,20,22,23,24)/p+1. The number of unbranched alkanes of at least 4 members (excludes halogenated alkanes) is 1. The molecule has 7 heteroatoms. The van der Waals surface area contributed by atoms with Gasteiger partial charge in [-0.05, 0) is 30.5 Å². The number of nitrogens with two attached hydrogens (primary N) is 1. The fourth-order valence-corrected chi connectivity index (χ4v) is 2.96. The van der Waals surface area contributed by atoms with Gasteiger partial charge >= 0.3 is 0 Å². The number of aryl methyl sites for hydroxylation is 1. The first-order chi connectivity index (χ1) is 11.9. The third kappa shape index (κ3) is 7.03. The molecule has 0 aliphatic heterocycles. The molecule has 0 unspecified atom stereocenters. The summed E-state index contributed by atoms with van der Waals surface area (Å²) in [5.74, 6) is 0.0409. The lowest BCUT2D eigenvalue weighted by Crippen LogP contribution is -2.32. The summed E-state index contributed by atoms with van der Waals surface area (Å²) in [6.07, 6.45) is 6.99. The smallest absolute Gasteiger partial charge is 0.238 e. The van der Waals surface area contributed by atoms with Crippen molar-refractivity contribution in [3.05, 3.63) is 60.4 Å². The molecule has 0 fully saturated rings. The number of carbonyl (C=O) groups is 1. The van der Waals surface area contributed by atoms with Crippen molar-refractivity contribution in [3.63, 3.8) is 0 Å². The zero-order valence-corrected chi connectivity index (χ0v) is 14.9. The molecule has 0 saturated heterocycles. The van der Waals surface area contributed by atoms with E-state index in [1.807, 2.05) is 30.6 Å². The number of pyridine rings is 1. The molecule has 0 bridgehead atoms. The first-order valence-electron chi connectivity index (χ1n) is 8.28. The van der Waals surface area contributed by atoms with Crippen molar-refractivity contribution < 1.29 is 17.8 Å². The number of sulfonamides is 1. The fourth-order valence-electron chi connectivity index (χ4n) is 2.44. The predicted octanol–water partition coefficient (Wildman–Crippen LogP) is 1.15. The normalized spacial score (nSPS) is 11.2. The summed E-state index contributed by atoms with van der Waals surface area (Å²) in [6, 6.07) is 12.3. The van der Waals surface area contributed by atoms with Gasteiger partial charge in [0.15, 0.2) is 12.4 Å². The molecule has 1 aromatic heterocycles. The Labute approximate surface area is 148 Å². The molecular formula is C18H24N3O3S+. The second-order valence-electron chi connectivity index (χ2n) is 5.86.